The van der Waals surface area contributed by atoms with Crippen molar-refractivity contribution in [1.82, 2.24) is 9.97 Å². The first-order valence-electron chi connectivity index (χ1n) is 7.58. The number of aryl methyl sites for hydroxylation is 1. The van der Waals surface area contributed by atoms with E-state index in [9.17, 15) is 0 Å². The van der Waals surface area contributed by atoms with Gasteiger partial charge >= 0.3 is 0 Å². The van der Waals surface area contributed by atoms with Crippen LogP contribution in [0.15, 0.2) is 24.4 Å². The van der Waals surface area contributed by atoms with Crippen LogP contribution < -0.4 is 10.6 Å². The Morgan fingerprint density at radius 3 is 2.26 bits per heavy atom. The lowest BCUT2D eigenvalue weighted by Gasteiger charge is -2.21. The fourth-order valence-corrected chi connectivity index (χ4v) is 1.97. The van der Waals surface area contributed by atoms with Crippen LogP contribution in [-0.4, -0.2) is 15.5 Å². The van der Waals surface area contributed by atoms with E-state index in [2.05, 4.69) is 41.4 Å². The van der Waals surface area contributed by atoms with Crippen molar-refractivity contribution in [2.24, 2.45) is 0 Å². The number of hydrogen-bond acceptors (Lipinski definition) is 4. The standard InChI is InChI=1S/C15H18Cl2N4.C2H6/c1-9-8-18-14(21-15(2,3)4)20-13(9)19-10-5-6-11(16)12(17)7-10;1-2/h5-8H,1-4H3,(H2,18,19,20,21);1-2H3. The normalized spacial score (nSPS) is 10.6. The van der Waals surface area contributed by atoms with Crippen molar-refractivity contribution in [3.05, 3.63) is 40.0 Å². The van der Waals surface area contributed by atoms with E-state index in [0.717, 1.165) is 17.1 Å². The van der Waals surface area contributed by atoms with E-state index in [1.54, 1.807) is 18.3 Å². The Kier molecular flexibility index (Phi) is 7.10. The number of halogens is 2. The minimum absolute atomic E-state index is 0.101. The van der Waals surface area contributed by atoms with Crippen molar-refractivity contribution in [1.29, 1.82) is 0 Å². The molecule has 1 aromatic heterocycles. The molecule has 0 saturated heterocycles. The van der Waals surface area contributed by atoms with Gasteiger partial charge in [0.15, 0.2) is 0 Å². The number of nitrogens with one attached hydrogen (secondary N) is 2. The molecule has 4 nitrogen and oxygen atoms in total. The third-order valence-corrected chi connectivity index (χ3v) is 3.38. The Balaban J connectivity index is 0.00000127. The van der Waals surface area contributed by atoms with Crippen LogP contribution in [0, 0.1) is 6.92 Å². The monoisotopic (exact) mass is 354 g/mol. The molecule has 0 fully saturated rings. The molecule has 0 aliphatic rings. The van der Waals surface area contributed by atoms with Crippen LogP contribution in [0.3, 0.4) is 0 Å². The van der Waals surface area contributed by atoms with Gasteiger partial charge in [-0.25, -0.2) is 4.98 Å². The molecule has 2 rings (SSSR count). The van der Waals surface area contributed by atoms with E-state index in [1.807, 2.05) is 26.8 Å². The number of aromatic nitrogens is 2. The summed E-state index contributed by atoms with van der Waals surface area (Å²) < 4.78 is 0. The molecule has 0 bridgehead atoms. The van der Waals surface area contributed by atoms with Crippen LogP contribution in [0.1, 0.15) is 40.2 Å². The zero-order valence-corrected chi connectivity index (χ0v) is 16.0. The van der Waals surface area contributed by atoms with Gasteiger partial charge in [-0.15, -0.1) is 0 Å². The van der Waals surface area contributed by atoms with Crippen LogP contribution in [0.5, 0.6) is 0 Å². The van der Waals surface area contributed by atoms with Crippen LogP contribution in [0.4, 0.5) is 17.5 Å². The van der Waals surface area contributed by atoms with E-state index in [-0.39, 0.29) is 5.54 Å². The highest BCUT2D eigenvalue weighted by Gasteiger charge is 2.12. The number of nitrogens with zero attached hydrogens (tertiary/aromatic N) is 2. The predicted molar refractivity (Wildman–Crippen MR) is 101 cm³/mol. The molecular weight excluding hydrogens is 331 g/mol. The molecule has 23 heavy (non-hydrogen) atoms. The van der Waals surface area contributed by atoms with Crippen molar-refractivity contribution in [2.75, 3.05) is 10.6 Å². The summed E-state index contributed by atoms with van der Waals surface area (Å²) >= 11 is 11.9. The molecule has 6 heteroatoms. The minimum Gasteiger partial charge on any atom is -0.350 e. The van der Waals surface area contributed by atoms with Gasteiger partial charge in [-0.05, 0) is 45.9 Å². The van der Waals surface area contributed by atoms with Crippen LogP contribution >= 0.6 is 23.2 Å². The molecule has 2 aromatic rings. The number of rotatable bonds is 3. The maximum atomic E-state index is 6.02. The molecule has 0 atom stereocenters. The lowest BCUT2D eigenvalue weighted by molar-refractivity contribution is 0.626. The Morgan fingerprint density at radius 1 is 1.04 bits per heavy atom. The lowest BCUT2D eigenvalue weighted by atomic mass is 10.1. The molecule has 0 amide bonds. The third kappa shape index (κ3) is 6.24. The first-order valence-corrected chi connectivity index (χ1v) is 8.34. The molecular formula is C17H24Cl2N4. The van der Waals surface area contributed by atoms with Gasteiger partial charge in [-0.2, -0.15) is 4.98 Å². The molecule has 1 heterocycles. The summed E-state index contributed by atoms with van der Waals surface area (Å²) in [6, 6.07) is 5.37. The van der Waals surface area contributed by atoms with Crippen LogP contribution in [-0.2, 0) is 0 Å². The fraction of sp³-hybridized carbons (Fsp3) is 0.412. The molecule has 1 aromatic carbocycles. The van der Waals surface area contributed by atoms with Gasteiger partial charge in [0.25, 0.3) is 0 Å². The maximum absolute atomic E-state index is 6.02. The van der Waals surface area contributed by atoms with Gasteiger partial charge in [0, 0.05) is 23.0 Å². The fourth-order valence-electron chi connectivity index (χ4n) is 1.67. The summed E-state index contributed by atoms with van der Waals surface area (Å²) in [6.45, 7) is 12.1. The maximum Gasteiger partial charge on any atom is 0.225 e. The Labute approximate surface area is 148 Å². The van der Waals surface area contributed by atoms with Gasteiger partial charge < -0.3 is 10.6 Å². The second-order valence-electron chi connectivity index (χ2n) is 5.85. The second-order valence-corrected chi connectivity index (χ2v) is 6.67. The van der Waals surface area contributed by atoms with E-state index in [4.69, 9.17) is 23.2 Å². The Bertz CT molecular complexity index is 652. The highest BCUT2D eigenvalue weighted by Crippen LogP contribution is 2.27. The second kappa shape index (κ2) is 8.37. The summed E-state index contributed by atoms with van der Waals surface area (Å²) in [5.41, 5.74) is 1.67. The molecule has 126 valence electrons. The van der Waals surface area contributed by atoms with Crippen LogP contribution in [0.25, 0.3) is 0 Å². The van der Waals surface area contributed by atoms with E-state index in [0.29, 0.717) is 16.0 Å². The van der Waals surface area contributed by atoms with Crippen molar-refractivity contribution in [3.8, 4) is 0 Å². The minimum atomic E-state index is -0.101. The average molecular weight is 355 g/mol. The molecule has 0 aliphatic heterocycles. The molecule has 2 N–H and O–H groups in total. The SMILES string of the molecule is CC.Cc1cnc(NC(C)(C)C)nc1Nc1ccc(Cl)c(Cl)c1. The predicted octanol–water partition coefficient (Wildman–Crippen LogP) is 6.07. The van der Waals surface area contributed by atoms with Gasteiger partial charge in [0.05, 0.1) is 10.0 Å². The summed E-state index contributed by atoms with van der Waals surface area (Å²) in [5, 5.41) is 7.50. The van der Waals surface area contributed by atoms with Crippen LogP contribution in [0.2, 0.25) is 10.0 Å². The molecule has 0 saturated carbocycles. The Hall–Kier alpha value is -1.52. The van der Waals surface area contributed by atoms with Crippen molar-refractivity contribution in [3.63, 3.8) is 0 Å². The zero-order valence-electron chi connectivity index (χ0n) is 14.5. The van der Waals surface area contributed by atoms with Gasteiger partial charge in [0.2, 0.25) is 5.95 Å². The summed E-state index contributed by atoms with van der Waals surface area (Å²) in [5.74, 6) is 1.31. The largest absolute Gasteiger partial charge is 0.350 e. The highest BCUT2D eigenvalue weighted by atomic mass is 35.5. The quantitative estimate of drug-likeness (QED) is 0.701. The van der Waals surface area contributed by atoms with Crippen molar-refractivity contribution in [2.45, 2.75) is 47.1 Å². The molecule has 0 spiro atoms. The first kappa shape index (κ1) is 19.5. The Morgan fingerprint density at radius 2 is 1.70 bits per heavy atom. The molecule has 0 radical (unpaired) electrons. The summed E-state index contributed by atoms with van der Waals surface area (Å²) in [7, 11) is 0. The lowest BCUT2D eigenvalue weighted by Crippen LogP contribution is -2.27. The summed E-state index contributed by atoms with van der Waals surface area (Å²) in [4.78, 5) is 8.78. The van der Waals surface area contributed by atoms with Crippen molar-refractivity contribution >= 4 is 40.7 Å². The van der Waals surface area contributed by atoms with E-state index < -0.39 is 0 Å². The number of benzene rings is 1. The average Bonchev–Trinajstić information content (AvgIpc) is 2.47. The van der Waals surface area contributed by atoms with Gasteiger partial charge in [-0.3, -0.25) is 0 Å². The van der Waals surface area contributed by atoms with Crippen molar-refractivity contribution < 1.29 is 0 Å². The third-order valence-electron chi connectivity index (χ3n) is 2.64. The molecule has 0 unspecified atom stereocenters. The smallest absolute Gasteiger partial charge is 0.225 e. The zero-order chi connectivity index (χ0) is 17.6. The van der Waals surface area contributed by atoms with Gasteiger partial charge in [0.1, 0.15) is 5.82 Å². The number of anilines is 3. The first-order chi connectivity index (χ1) is 10.7. The summed E-state index contributed by atoms with van der Waals surface area (Å²) in [6.07, 6.45) is 1.78. The van der Waals surface area contributed by atoms with Gasteiger partial charge in [-0.1, -0.05) is 37.0 Å². The highest BCUT2D eigenvalue weighted by molar-refractivity contribution is 6.42. The topological polar surface area (TPSA) is 49.8 Å². The molecule has 0 aliphatic carbocycles. The number of hydrogen-bond donors (Lipinski definition) is 2. The van der Waals surface area contributed by atoms with E-state index >= 15 is 0 Å². The van der Waals surface area contributed by atoms with E-state index in [1.165, 1.54) is 0 Å².